The fraction of sp³-hybridized carbons (Fsp3) is 0.200. The molecule has 0 fully saturated rings. The topological polar surface area (TPSA) is 69.4 Å². The van der Waals surface area contributed by atoms with Crippen molar-refractivity contribution in [3.8, 4) is 5.75 Å². The van der Waals surface area contributed by atoms with Crippen LogP contribution in [0.5, 0.6) is 5.75 Å². The molecule has 0 unspecified atom stereocenters. The van der Waals surface area contributed by atoms with Crippen LogP contribution in [-0.2, 0) is 6.18 Å². The number of benzene rings is 1. The highest BCUT2D eigenvalue weighted by atomic mass is 19.4. The Morgan fingerprint density at radius 1 is 1.41 bits per heavy atom. The van der Waals surface area contributed by atoms with Crippen LogP contribution in [0.1, 0.15) is 26.3 Å². The van der Waals surface area contributed by atoms with Gasteiger partial charge in [-0.05, 0) is 12.1 Å². The standard InChI is InChI=1S/C10H8F3NO3/c1-17-7-3-2-6(10(11,12)13)5(4-15)8(7)9(14)16/h2-4H,1H3,(H2,14,16). The monoisotopic (exact) mass is 247 g/mol. The molecule has 1 rings (SSSR count). The highest BCUT2D eigenvalue weighted by molar-refractivity contribution is 6.03. The van der Waals surface area contributed by atoms with Crippen LogP contribution in [0.4, 0.5) is 13.2 Å². The zero-order valence-corrected chi connectivity index (χ0v) is 8.67. The Labute approximate surface area is 94.2 Å². The summed E-state index contributed by atoms with van der Waals surface area (Å²) in [6.45, 7) is 0. The molecule has 0 bridgehead atoms. The van der Waals surface area contributed by atoms with Crippen LogP contribution in [0.3, 0.4) is 0 Å². The summed E-state index contributed by atoms with van der Waals surface area (Å²) in [5.41, 5.74) is 2.33. The van der Waals surface area contributed by atoms with Gasteiger partial charge < -0.3 is 10.5 Å². The molecule has 4 nitrogen and oxygen atoms in total. The first kappa shape index (κ1) is 13.0. The second-order valence-corrected chi connectivity index (χ2v) is 3.08. The van der Waals surface area contributed by atoms with E-state index in [0.29, 0.717) is 6.07 Å². The van der Waals surface area contributed by atoms with Gasteiger partial charge >= 0.3 is 6.18 Å². The molecular formula is C10H8F3NO3. The van der Waals surface area contributed by atoms with Gasteiger partial charge in [0.1, 0.15) is 5.75 Å². The van der Waals surface area contributed by atoms with Crippen LogP contribution in [0.15, 0.2) is 12.1 Å². The van der Waals surface area contributed by atoms with Crippen LogP contribution in [-0.4, -0.2) is 19.3 Å². The Hall–Kier alpha value is -2.05. The van der Waals surface area contributed by atoms with Crippen molar-refractivity contribution in [2.75, 3.05) is 7.11 Å². The lowest BCUT2D eigenvalue weighted by Gasteiger charge is -2.14. The van der Waals surface area contributed by atoms with Gasteiger partial charge in [-0.3, -0.25) is 9.59 Å². The molecule has 17 heavy (non-hydrogen) atoms. The molecule has 0 aromatic heterocycles. The molecule has 1 aromatic carbocycles. The molecule has 92 valence electrons. The maximum atomic E-state index is 12.6. The van der Waals surface area contributed by atoms with Crippen LogP contribution in [0, 0.1) is 0 Å². The van der Waals surface area contributed by atoms with Gasteiger partial charge in [-0.2, -0.15) is 13.2 Å². The van der Waals surface area contributed by atoms with Crippen molar-refractivity contribution in [2.45, 2.75) is 6.18 Å². The van der Waals surface area contributed by atoms with E-state index < -0.39 is 28.8 Å². The number of carbonyl (C=O) groups is 2. The van der Waals surface area contributed by atoms with E-state index >= 15 is 0 Å². The third-order valence-corrected chi connectivity index (χ3v) is 2.10. The van der Waals surface area contributed by atoms with Crippen molar-refractivity contribution in [1.29, 1.82) is 0 Å². The lowest BCUT2D eigenvalue weighted by Crippen LogP contribution is -2.19. The molecule has 2 N–H and O–H groups in total. The minimum Gasteiger partial charge on any atom is -0.496 e. The summed E-state index contributed by atoms with van der Waals surface area (Å²) in [6.07, 6.45) is -4.81. The Morgan fingerprint density at radius 2 is 2.00 bits per heavy atom. The Balaban J connectivity index is 3.64. The third-order valence-electron chi connectivity index (χ3n) is 2.10. The first-order valence-electron chi connectivity index (χ1n) is 4.36. The van der Waals surface area contributed by atoms with Crippen LogP contribution in [0.2, 0.25) is 0 Å². The largest absolute Gasteiger partial charge is 0.496 e. The molecule has 0 saturated carbocycles. The van der Waals surface area contributed by atoms with Gasteiger partial charge in [0.25, 0.3) is 5.91 Å². The number of aldehydes is 1. The van der Waals surface area contributed by atoms with E-state index in [1.54, 1.807) is 0 Å². The van der Waals surface area contributed by atoms with E-state index in [1.165, 1.54) is 0 Å². The van der Waals surface area contributed by atoms with Crippen molar-refractivity contribution in [2.24, 2.45) is 5.73 Å². The molecule has 0 radical (unpaired) electrons. The fourth-order valence-corrected chi connectivity index (χ4v) is 1.39. The van der Waals surface area contributed by atoms with Crippen LogP contribution in [0.25, 0.3) is 0 Å². The number of primary amides is 1. The molecule has 7 heteroatoms. The number of hydrogen-bond acceptors (Lipinski definition) is 3. The maximum absolute atomic E-state index is 12.6. The predicted octanol–water partition coefficient (Wildman–Crippen LogP) is 1.63. The van der Waals surface area contributed by atoms with E-state index in [2.05, 4.69) is 4.74 Å². The molecule has 0 aliphatic rings. The molecule has 0 heterocycles. The first-order valence-corrected chi connectivity index (χ1v) is 4.36. The van der Waals surface area contributed by atoms with Gasteiger partial charge in [0.2, 0.25) is 0 Å². The fourth-order valence-electron chi connectivity index (χ4n) is 1.39. The van der Waals surface area contributed by atoms with E-state index in [9.17, 15) is 22.8 Å². The van der Waals surface area contributed by atoms with Crippen LogP contribution >= 0.6 is 0 Å². The van der Waals surface area contributed by atoms with E-state index in [4.69, 9.17) is 5.73 Å². The minimum absolute atomic E-state index is 0.0641. The van der Waals surface area contributed by atoms with Gasteiger partial charge in [-0.25, -0.2) is 0 Å². The van der Waals surface area contributed by atoms with Gasteiger partial charge in [0.05, 0.1) is 18.2 Å². The molecule has 0 spiro atoms. The molecule has 1 aromatic rings. The number of alkyl halides is 3. The molecule has 0 aliphatic heterocycles. The van der Waals surface area contributed by atoms with Gasteiger partial charge in [-0.1, -0.05) is 0 Å². The lowest BCUT2D eigenvalue weighted by atomic mass is 10.00. The number of carbonyl (C=O) groups excluding carboxylic acids is 2. The zero-order valence-electron chi connectivity index (χ0n) is 8.67. The van der Waals surface area contributed by atoms with Crippen molar-refractivity contribution in [3.63, 3.8) is 0 Å². The molecule has 0 atom stereocenters. The quantitative estimate of drug-likeness (QED) is 0.825. The van der Waals surface area contributed by atoms with Crippen molar-refractivity contribution in [3.05, 3.63) is 28.8 Å². The molecular weight excluding hydrogens is 239 g/mol. The number of halogens is 3. The Kier molecular flexibility index (Phi) is 3.40. The summed E-state index contributed by atoms with van der Waals surface area (Å²) >= 11 is 0. The Bertz CT molecular complexity index is 469. The number of hydrogen-bond donors (Lipinski definition) is 1. The van der Waals surface area contributed by atoms with Gasteiger partial charge in [0.15, 0.2) is 6.29 Å². The highest BCUT2D eigenvalue weighted by Crippen LogP contribution is 2.35. The van der Waals surface area contributed by atoms with Crippen molar-refractivity contribution >= 4 is 12.2 Å². The van der Waals surface area contributed by atoms with Crippen LogP contribution < -0.4 is 10.5 Å². The minimum atomic E-state index is -4.74. The SMILES string of the molecule is COc1ccc(C(F)(F)F)c(C=O)c1C(N)=O. The number of ether oxygens (including phenoxy) is 1. The average Bonchev–Trinajstić information content (AvgIpc) is 2.25. The summed E-state index contributed by atoms with van der Waals surface area (Å²) in [6, 6.07) is 1.60. The van der Waals surface area contributed by atoms with Crippen molar-refractivity contribution in [1.82, 2.24) is 0 Å². The van der Waals surface area contributed by atoms with Crippen molar-refractivity contribution < 1.29 is 27.5 Å². The highest BCUT2D eigenvalue weighted by Gasteiger charge is 2.36. The first-order chi connectivity index (χ1) is 7.82. The summed E-state index contributed by atoms with van der Waals surface area (Å²) < 4.78 is 42.4. The summed E-state index contributed by atoms with van der Waals surface area (Å²) in [5, 5.41) is 0. The third kappa shape index (κ3) is 2.38. The smallest absolute Gasteiger partial charge is 0.417 e. The number of rotatable bonds is 3. The van der Waals surface area contributed by atoms with E-state index in [1.807, 2.05) is 0 Å². The number of methoxy groups -OCH3 is 1. The molecule has 1 amide bonds. The second kappa shape index (κ2) is 4.44. The number of nitrogens with two attached hydrogens (primary N) is 1. The van der Waals surface area contributed by atoms with Gasteiger partial charge in [-0.15, -0.1) is 0 Å². The predicted molar refractivity (Wildman–Crippen MR) is 51.9 cm³/mol. The summed E-state index contributed by atoms with van der Waals surface area (Å²) in [7, 11) is 1.16. The summed E-state index contributed by atoms with van der Waals surface area (Å²) in [5.74, 6) is -1.33. The van der Waals surface area contributed by atoms with Gasteiger partial charge in [0, 0.05) is 5.56 Å². The summed E-state index contributed by atoms with van der Waals surface area (Å²) in [4.78, 5) is 21.8. The van der Waals surface area contributed by atoms with E-state index in [0.717, 1.165) is 13.2 Å². The van der Waals surface area contributed by atoms with E-state index in [-0.39, 0.29) is 12.0 Å². The normalized spacial score (nSPS) is 11.1. The number of amides is 1. The second-order valence-electron chi connectivity index (χ2n) is 3.08. The Morgan fingerprint density at radius 3 is 2.35 bits per heavy atom. The average molecular weight is 247 g/mol. The maximum Gasteiger partial charge on any atom is 0.417 e. The molecule has 0 aliphatic carbocycles. The zero-order chi connectivity index (χ0) is 13.2. The molecule has 0 saturated heterocycles. The lowest BCUT2D eigenvalue weighted by molar-refractivity contribution is -0.137.